The molecule has 210 valence electrons. The number of nitrogens with zero attached hydrogens (tertiary/aromatic N) is 1. The molecule has 8 heteroatoms. The highest BCUT2D eigenvalue weighted by molar-refractivity contribution is 7.90. The third kappa shape index (κ3) is 6.01. The second kappa shape index (κ2) is 11.7. The van der Waals surface area contributed by atoms with Crippen LogP contribution < -0.4 is 4.72 Å². The molecule has 4 atom stereocenters. The number of halogens is 2. The van der Waals surface area contributed by atoms with Gasteiger partial charge in [-0.2, -0.15) is 0 Å². The number of rotatable bonds is 10. The van der Waals surface area contributed by atoms with E-state index in [1.807, 2.05) is 84.6 Å². The number of allylic oxidation sites excluding steroid dienone is 1. The Hall–Kier alpha value is -2.64. The molecule has 0 bridgehead atoms. The van der Waals surface area contributed by atoms with Crippen LogP contribution in [0.4, 0.5) is 0 Å². The number of sulfonamides is 1. The summed E-state index contributed by atoms with van der Waals surface area (Å²) in [6, 6.07) is 24.1. The molecule has 0 spiro atoms. The summed E-state index contributed by atoms with van der Waals surface area (Å²) in [6.45, 7) is 6.01. The van der Waals surface area contributed by atoms with Gasteiger partial charge in [0.2, 0.25) is 15.9 Å². The van der Waals surface area contributed by atoms with Crippen molar-refractivity contribution >= 4 is 39.1 Å². The Morgan fingerprint density at radius 3 is 2.33 bits per heavy atom. The van der Waals surface area contributed by atoms with E-state index in [4.69, 9.17) is 23.2 Å². The first-order valence-corrected chi connectivity index (χ1v) is 15.9. The lowest BCUT2D eigenvalue weighted by molar-refractivity contribution is -0.154. The maximum atomic E-state index is 14.7. The minimum Gasteiger partial charge on any atom is -0.326 e. The van der Waals surface area contributed by atoms with Gasteiger partial charge in [-0.1, -0.05) is 90.8 Å². The van der Waals surface area contributed by atoms with E-state index in [-0.39, 0.29) is 23.6 Å². The van der Waals surface area contributed by atoms with Crippen LogP contribution in [0.3, 0.4) is 0 Å². The fraction of sp³-hybridized carbons (Fsp3) is 0.344. The van der Waals surface area contributed by atoms with Gasteiger partial charge >= 0.3 is 0 Å². The van der Waals surface area contributed by atoms with Crippen molar-refractivity contribution < 1.29 is 13.2 Å². The Morgan fingerprint density at radius 2 is 1.70 bits per heavy atom. The van der Waals surface area contributed by atoms with Crippen molar-refractivity contribution in [3.8, 4) is 0 Å². The number of benzene rings is 3. The van der Waals surface area contributed by atoms with Crippen LogP contribution in [0.2, 0.25) is 10.0 Å². The maximum Gasteiger partial charge on any atom is 0.229 e. The molecule has 1 saturated carbocycles. The van der Waals surface area contributed by atoms with E-state index < -0.39 is 27.5 Å². The molecule has 5 nitrogen and oxygen atoms in total. The molecule has 2 aliphatic rings. The number of hydrogen-bond acceptors (Lipinski definition) is 3. The smallest absolute Gasteiger partial charge is 0.229 e. The third-order valence-electron chi connectivity index (χ3n) is 8.15. The molecule has 1 aliphatic carbocycles. The number of hydrogen-bond donors (Lipinski definition) is 1. The molecule has 0 radical (unpaired) electrons. The molecule has 3 aromatic carbocycles. The second-order valence-electron chi connectivity index (χ2n) is 11.1. The summed E-state index contributed by atoms with van der Waals surface area (Å²) >= 11 is 12.8. The molecule has 1 N–H and O–H groups in total. The van der Waals surface area contributed by atoms with Crippen LogP contribution in [0.1, 0.15) is 67.3 Å². The molecule has 1 heterocycles. The van der Waals surface area contributed by atoms with Gasteiger partial charge in [-0.3, -0.25) is 4.79 Å². The van der Waals surface area contributed by atoms with Crippen LogP contribution in [0.25, 0.3) is 0 Å². The molecule has 1 saturated heterocycles. The van der Waals surface area contributed by atoms with E-state index in [1.165, 1.54) is 0 Å². The van der Waals surface area contributed by atoms with E-state index in [0.29, 0.717) is 35.7 Å². The Kier molecular flexibility index (Phi) is 8.44. The van der Waals surface area contributed by atoms with Gasteiger partial charge in [0.25, 0.3) is 0 Å². The fourth-order valence-electron chi connectivity index (χ4n) is 5.97. The quantitative estimate of drug-likeness (QED) is 0.247. The Balaban J connectivity index is 1.69. The van der Waals surface area contributed by atoms with Crippen molar-refractivity contribution in [2.45, 2.75) is 55.9 Å². The van der Waals surface area contributed by atoms with Crippen LogP contribution >= 0.6 is 23.2 Å². The largest absolute Gasteiger partial charge is 0.326 e. The molecule has 1 aliphatic heterocycles. The lowest BCUT2D eigenvalue weighted by Crippen LogP contribution is -2.54. The lowest BCUT2D eigenvalue weighted by atomic mass is 9.67. The molecular formula is C32H34Cl2N2O3S. The maximum absolute atomic E-state index is 14.7. The van der Waals surface area contributed by atoms with Crippen LogP contribution in [0, 0.1) is 5.41 Å². The van der Waals surface area contributed by atoms with Gasteiger partial charge in [-0.15, -0.1) is 6.58 Å². The molecule has 3 aromatic rings. The third-order valence-corrected chi connectivity index (χ3v) is 10.6. The van der Waals surface area contributed by atoms with Gasteiger partial charge < -0.3 is 4.90 Å². The molecular weight excluding hydrogens is 563 g/mol. The average molecular weight is 598 g/mol. The fourth-order valence-corrected chi connectivity index (χ4v) is 7.68. The van der Waals surface area contributed by atoms with Gasteiger partial charge in [0.15, 0.2) is 0 Å². The summed E-state index contributed by atoms with van der Waals surface area (Å²) < 4.78 is 28.8. The van der Waals surface area contributed by atoms with Crippen molar-refractivity contribution in [1.29, 1.82) is 0 Å². The predicted octanol–water partition coefficient (Wildman–Crippen LogP) is 7.46. The van der Waals surface area contributed by atoms with E-state index in [9.17, 15) is 13.2 Å². The van der Waals surface area contributed by atoms with Gasteiger partial charge in [0.1, 0.15) is 0 Å². The minimum atomic E-state index is -3.48. The van der Waals surface area contributed by atoms with Crippen LogP contribution in [0.5, 0.6) is 0 Å². The van der Waals surface area contributed by atoms with E-state index in [0.717, 1.165) is 16.7 Å². The van der Waals surface area contributed by atoms with Crippen LogP contribution in [-0.4, -0.2) is 31.0 Å². The minimum absolute atomic E-state index is 0.0369. The highest BCUT2D eigenvalue weighted by atomic mass is 35.5. The standard InChI is InChI=1S/C32H34Cl2N2O3S/c1-3-18-32(2)20-28(24-10-7-11-26(34)19-24)30(23-12-14-25(33)15-13-23)36(31(32)37)29(22-8-5-4-6-9-22)21-35-40(38,39)27-16-17-27/h3-15,19,27-30,35H,1,16-18,20-21H2,2H3/t28-,29-,30-,32+/m1/s1. The highest BCUT2D eigenvalue weighted by Gasteiger charge is 2.51. The number of amides is 1. The zero-order chi connectivity index (χ0) is 28.5. The van der Waals surface area contributed by atoms with Crippen molar-refractivity contribution in [1.82, 2.24) is 9.62 Å². The first kappa shape index (κ1) is 28.9. The Morgan fingerprint density at radius 1 is 1.00 bits per heavy atom. The van der Waals surface area contributed by atoms with Gasteiger partial charge in [-0.25, -0.2) is 13.1 Å². The molecule has 2 fully saturated rings. The van der Waals surface area contributed by atoms with Crippen molar-refractivity contribution in [3.05, 3.63) is 118 Å². The number of likely N-dealkylation sites (tertiary alicyclic amines) is 1. The van der Waals surface area contributed by atoms with E-state index in [2.05, 4.69) is 17.4 Å². The highest BCUT2D eigenvalue weighted by Crippen LogP contribution is 2.53. The molecule has 0 aromatic heterocycles. The Labute approximate surface area is 247 Å². The SMILES string of the molecule is C=CC[C@@]1(C)C[C@H](c2cccc(Cl)c2)[C@@H](c2ccc(Cl)cc2)N([C@H](CNS(=O)(=O)C2CC2)c2ccccc2)C1=O. The summed E-state index contributed by atoms with van der Waals surface area (Å²) in [5.74, 6) is -0.154. The van der Waals surface area contributed by atoms with Crippen molar-refractivity contribution in [3.63, 3.8) is 0 Å². The molecule has 5 rings (SSSR count). The van der Waals surface area contributed by atoms with Crippen molar-refractivity contribution in [2.75, 3.05) is 6.54 Å². The summed E-state index contributed by atoms with van der Waals surface area (Å²) in [5, 5.41) is 0.862. The average Bonchev–Trinajstić information content (AvgIpc) is 3.79. The van der Waals surface area contributed by atoms with Gasteiger partial charge in [0.05, 0.1) is 22.7 Å². The molecule has 0 unspecified atom stereocenters. The van der Waals surface area contributed by atoms with E-state index >= 15 is 0 Å². The first-order chi connectivity index (χ1) is 19.1. The monoisotopic (exact) mass is 596 g/mol. The number of piperidine rings is 1. The van der Waals surface area contributed by atoms with Crippen molar-refractivity contribution in [2.24, 2.45) is 5.41 Å². The zero-order valence-electron chi connectivity index (χ0n) is 22.5. The van der Waals surface area contributed by atoms with Crippen LogP contribution in [0.15, 0.2) is 91.5 Å². The topological polar surface area (TPSA) is 66.5 Å². The molecule has 40 heavy (non-hydrogen) atoms. The number of carbonyl (C=O) groups excluding carboxylic acids is 1. The Bertz CT molecular complexity index is 1480. The van der Waals surface area contributed by atoms with E-state index in [1.54, 1.807) is 6.08 Å². The normalized spacial score (nSPS) is 24.1. The van der Waals surface area contributed by atoms with Crippen LogP contribution in [-0.2, 0) is 14.8 Å². The zero-order valence-corrected chi connectivity index (χ0v) is 24.8. The summed E-state index contributed by atoms with van der Waals surface area (Å²) in [5.41, 5.74) is 2.06. The number of nitrogens with one attached hydrogen (secondary N) is 1. The predicted molar refractivity (Wildman–Crippen MR) is 162 cm³/mol. The van der Waals surface area contributed by atoms with Gasteiger partial charge in [0, 0.05) is 22.5 Å². The van der Waals surface area contributed by atoms with Gasteiger partial charge in [-0.05, 0) is 66.6 Å². The first-order valence-electron chi connectivity index (χ1n) is 13.6. The summed E-state index contributed by atoms with van der Waals surface area (Å²) in [4.78, 5) is 16.6. The number of carbonyl (C=O) groups is 1. The molecule has 1 amide bonds. The second-order valence-corrected chi connectivity index (χ2v) is 14.1. The summed E-state index contributed by atoms with van der Waals surface area (Å²) in [7, 11) is -3.48. The summed E-state index contributed by atoms with van der Waals surface area (Å²) in [6.07, 6.45) is 4.19. The lowest BCUT2D eigenvalue weighted by Gasteiger charge is -2.52.